The van der Waals surface area contributed by atoms with E-state index < -0.39 is 0 Å². The molecule has 0 bridgehead atoms. The van der Waals surface area contributed by atoms with Crippen LogP contribution >= 0.6 is 11.3 Å². The highest BCUT2D eigenvalue weighted by Gasteiger charge is 2.17. The number of hydrogen-bond acceptors (Lipinski definition) is 4. The lowest BCUT2D eigenvalue weighted by molar-refractivity contribution is 0.410. The van der Waals surface area contributed by atoms with Gasteiger partial charge in [-0.2, -0.15) is 0 Å². The zero-order valence-corrected chi connectivity index (χ0v) is 9.36. The molecule has 14 heavy (non-hydrogen) atoms. The molecule has 2 heterocycles. The summed E-state index contributed by atoms with van der Waals surface area (Å²) in [6.45, 7) is 2.02. The van der Waals surface area contributed by atoms with Gasteiger partial charge in [0.05, 0.1) is 11.7 Å². The van der Waals surface area contributed by atoms with Crippen molar-refractivity contribution in [1.82, 2.24) is 15.6 Å². The van der Waals surface area contributed by atoms with Gasteiger partial charge in [0.1, 0.15) is 5.01 Å². The summed E-state index contributed by atoms with van der Waals surface area (Å²) in [4.78, 5) is 4.62. The van der Waals surface area contributed by atoms with E-state index in [-0.39, 0.29) is 0 Å². The first kappa shape index (κ1) is 10.1. The molecule has 78 valence electrons. The Morgan fingerprint density at radius 2 is 2.57 bits per heavy atom. The van der Waals surface area contributed by atoms with E-state index in [2.05, 4.69) is 21.0 Å². The van der Waals surface area contributed by atoms with Gasteiger partial charge in [0.25, 0.3) is 0 Å². The third kappa shape index (κ3) is 2.32. The lowest BCUT2D eigenvalue weighted by Crippen LogP contribution is -2.26. The Morgan fingerprint density at radius 1 is 1.64 bits per heavy atom. The zero-order chi connectivity index (χ0) is 9.80. The van der Waals surface area contributed by atoms with Crippen LogP contribution in [-0.2, 0) is 6.54 Å². The lowest BCUT2D eigenvalue weighted by atomic mass is 10.1. The average Bonchev–Trinajstić information content (AvgIpc) is 2.68. The smallest absolute Gasteiger partial charge is 0.110 e. The molecule has 1 aromatic rings. The lowest BCUT2D eigenvalue weighted by Gasteiger charge is -2.21. The van der Waals surface area contributed by atoms with Crippen molar-refractivity contribution >= 4 is 11.3 Å². The van der Waals surface area contributed by atoms with Gasteiger partial charge in [-0.05, 0) is 26.4 Å². The van der Waals surface area contributed by atoms with Gasteiger partial charge in [0.15, 0.2) is 0 Å². The second kappa shape index (κ2) is 4.87. The fourth-order valence-electron chi connectivity index (χ4n) is 1.81. The van der Waals surface area contributed by atoms with E-state index >= 15 is 0 Å². The zero-order valence-electron chi connectivity index (χ0n) is 8.55. The molecule has 1 atom stereocenters. The summed E-state index contributed by atoms with van der Waals surface area (Å²) in [7, 11) is 1.96. The van der Waals surface area contributed by atoms with Gasteiger partial charge >= 0.3 is 0 Å². The summed E-state index contributed by atoms with van der Waals surface area (Å²) >= 11 is 1.78. The molecule has 0 saturated carbocycles. The van der Waals surface area contributed by atoms with E-state index in [0.29, 0.717) is 6.04 Å². The van der Waals surface area contributed by atoms with Gasteiger partial charge in [0.2, 0.25) is 0 Å². The molecule has 1 aromatic heterocycles. The van der Waals surface area contributed by atoms with E-state index in [1.165, 1.54) is 30.0 Å². The molecule has 4 heteroatoms. The Bertz CT molecular complexity index is 279. The molecule has 2 rings (SSSR count). The highest BCUT2D eigenvalue weighted by atomic mass is 32.1. The predicted molar refractivity (Wildman–Crippen MR) is 59.5 cm³/mol. The van der Waals surface area contributed by atoms with Gasteiger partial charge in [-0.25, -0.2) is 4.98 Å². The maximum Gasteiger partial charge on any atom is 0.110 e. The summed E-state index contributed by atoms with van der Waals surface area (Å²) in [5.41, 5.74) is 1.17. The number of nitrogens with one attached hydrogen (secondary N) is 2. The van der Waals surface area contributed by atoms with Crippen LogP contribution in [0.2, 0.25) is 0 Å². The molecule has 1 aliphatic heterocycles. The first-order valence-corrected chi connectivity index (χ1v) is 6.10. The molecule has 2 N–H and O–H groups in total. The molecule has 0 amide bonds. The van der Waals surface area contributed by atoms with E-state index in [1.807, 2.05) is 7.05 Å². The van der Waals surface area contributed by atoms with Crippen molar-refractivity contribution in [1.29, 1.82) is 0 Å². The number of thiazole rings is 1. The Morgan fingerprint density at radius 3 is 3.29 bits per heavy atom. The SMILES string of the molecule is CNCc1csc(C2CCCCN2)n1. The molecular weight excluding hydrogens is 194 g/mol. The Balaban J connectivity index is 2.00. The van der Waals surface area contributed by atoms with Crippen molar-refractivity contribution in [3.05, 3.63) is 16.1 Å². The molecule has 1 fully saturated rings. The van der Waals surface area contributed by atoms with E-state index in [9.17, 15) is 0 Å². The van der Waals surface area contributed by atoms with Gasteiger partial charge < -0.3 is 10.6 Å². The number of aromatic nitrogens is 1. The van der Waals surface area contributed by atoms with Crippen LogP contribution in [0.25, 0.3) is 0 Å². The Kier molecular flexibility index (Phi) is 3.50. The fraction of sp³-hybridized carbons (Fsp3) is 0.700. The molecule has 3 nitrogen and oxygen atoms in total. The molecule has 0 radical (unpaired) electrons. The highest BCUT2D eigenvalue weighted by Crippen LogP contribution is 2.25. The first-order valence-electron chi connectivity index (χ1n) is 5.22. The highest BCUT2D eigenvalue weighted by molar-refractivity contribution is 7.09. The van der Waals surface area contributed by atoms with Crippen LogP contribution in [0.15, 0.2) is 5.38 Å². The van der Waals surface area contributed by atoms with E-state index in [1.54, 1.807) is 11.3 Å². The van der Waals surface area contributed by atoms with Crippen LogP contribution in [0.5, 0.6) is 0 Å². The quantitative estimate of drug-likeness (QED) is 0.798. The van der Waals surface area contributed by atoms with Gasteiger partial charge in [-0.1, -0.05) is 6.42 Å². The fourth-order valence-corrected chi connectivity index (χ4v) is 2.74. The van der Waals surface area contributed by atoms with Gasteiger partial charge in [-0.3, -0.25) is 0 Å². The standard InChI is InChI=1S/C10H17N3S/c1-11-6-8-7-14-10(13-8)9-4-2-3-5-12-9/h7,9,11-12H,2-6H2,1H3. The van der Waals surface area contributed by atoms with Crippen LogP contribution < -0.4 is 10.6 Å². The molecule has 1 saturated heterocycles. The summed E-state index contributed by atoms with van der Waals surface area (Å²) in [6.07, 6.45) is 3.89. The summed E-state index contributed by atoms with van der Waals surface area (Å²) in [5, 5.41) is 10.1. The second-order valence-electron chi connectivity index (χ2n) is 3.71. The van der Waals surface area contributed by atoms with E-state index in [4.69, 9.17) is 0 Å². The number of nitrogens with zero attached hydrogens (tertiary/aromatic N) is 1. The monoisotopic (exact) mass is 211 g/mol. The Labute approximate surface area is 88.9 Å². The topological polar surface area (TPSA) is 37.0 Å². The summed E-state index contributed by atoms with van der Waals surface area (Å²) in [5.74, 6) is 0. The summed E-state index contributed by atoms with van der Waals surface area (Å²) in [6, 6.07) is 0.513. The van der Waals surface area contributed by atoms with E-state index in [0.717, 1.165) is 13.1 Å². The molecule has 0 aromatic carbocycles. The molecule has 1 aliphatic rings. The average molecular weight is 211 g/mol. The largest absolute Gasteiger partial charge is 0.314 e. The third-order valence-corrected chi connectivity index (χ3v) is 3.54. The van der Waals surface area contributed by atoms with Crippen molar-refractivity contribution < 1.29 is 0 Å². The minimum absolute atomic E-state index is 0.513. The molecule has 0 aliphatic carbocycles. The number of rotatable bonds is 3. The minimum Gasteiger partial charge on any atom is -0.314 e. The number of piperidine rings is 1. The third-order valence-electron chi connectivity index (χ3n) is 2.54. The maximum atomic E-state index is 4.62. The Hall–Kier alpha value is -0.450. The van der Waals surface area contributed by atoms with Crippen LogP contribution in [0.3, 0.4) is 0 Å². The molecular formula is C10H17N3S. The van der Waals surface area contributed by atoms with Crippen LogP contribution in [0.4, 0.5) is 0 Å². The predicted octanol–water partition coefficient (Wildman–Crippen LogP) is 1.68. The minimum atomic E-state index is 0.513. The van der Waals surface area contributed by atoms with Crippen LogP contribution in [0, 0.1) is 0 Å². The molecule has 0 spiro atoms. The number of hydrogen-bond donors (Lipinski definition) is 2. The summed E-state index contributed by atoms with van der Waals surface area (Å²) < 4.78 is 0. The first-order chi connectivity index (χ1) is 6.90. The normalized spacial score (nSPS) is 22.5. The van der Waals surface area contributed by atoms with Crippen molar-refractivity contribution in [2.75, 3.05) is 13.6 Å². The van der Waals surface area contributed by atoms with Gasteiger partial charge in [0, 0.05) is 11.9 Å². The van der Waals surface area contributed by atoms with Crippen LogP contribution in [0.1, 0.15) is 36.0 Å². The second-order valence-corrected chi connectivity index (χ2v) is 4.60. The molecule has 1 unspecified atom stereocenters. The van der Waals surface area contributed by atoms with Crippen molar-refractivity contribution in [2.24, 2.45) is 0 Å². The van der Waals surface area contributed by atoms with Crippen molar-refractivity contribution in [3.63, 3.8) is 0 Å². The van der Waals surface area contributed by atoms with Crippen molar-refractivity contribution in [3.8, 4) is 0 Å². The van der Waals surface area contributed by atoms with Crippen LogP contribution in [-0.4, -0.2) is 18.6 Å². The van der Waals surface area contributed by atoms with Crippen molar-refractivity contribution in [2.45, 2.75) is 31.8 Å². The van der Waals surface area contributed by atoms with Gasteiger partial charge in [-0.15, -0.1) is 11.3 Å². The maximum absolute atomic E-state index is 4.62.